The van der Waals surface area contributed by atoms with Gasteiger partial charge in [-0.25, -0.2) is 4.98 Å². The molecule has 4 nitrogen and oxygen atoms in total. The lowest BCUT2D eigenvalue weighted by Crippen LogP contribution is -2.22. The quantitative estimate of drug-likeness (QED) is 0.448. The highest BCUT2D eigenvalue weighted by molar-refractivity contribution is 6.76. The first kappa shape index (κ1) is 17.6. The van der Waals surface area contributed by atoms with E-state index >= 15 is 0 Å². The molecule has 25 heavy (non-hydrogen) atoms. The molecule has 0 N–H and O–H groups in total. The van der Waals surface area contributed by atoms with E-state index in [2.05, 4.69) is 46.3 Å². The van der Waals surface area contributed by atoms with Crippen LogP contribution in [0.3, 0.4) is 0 Å². The smallest absolute Gasteiger partial charge is 0.143 e. The van der Waals surface area contributed by atoms with E-state index in [1.807, 2.05) is 42.7 Å². The summed E-state index contributed by atoms with van der Waals surface area (Å²) >= 11 is 0. The van der Waals surface area contributed by atoms with E-state index in [4.69, 9.17) is 4.74 Å². The average Bonchev–Trinajstić information content (AvgIpc) is 3.03. The molecule has 0 saturated heterocycles. The maximum atomic E-state index is 6.02. The van der Waals surface area contributed by atoms with Crippen molar-refractivity contribution in [3.63, 3.8) is 0 Å². The Labute approximate surface area is 150 Å². The molecule has 1 aromatic carbocycles. The average molecular weight is 352 g/mol. The zero-order valence-corrected chi connectivity index (χ0v) is 16.1. The Kier molecular flexibility index (Phi) is 5.46. The Morgan fingerprint density at radius 2 is 1.72 bits per heavy atom. The van der Waals surface area contributed by atoms with Gasteiger partial charge in [0.05, 0.1) is 11.9 Å². The van der Waals surface area contributed by atoms with Crippen LogP contribution in [0.25, 0.3) is 22.6 Å². The third kappa shape index (κ3) is 4.65. The van der Waals surface area contributed by atoms with Crippen LogP contribution in [0.4, 0.5) is 0 Å². The normalized spacial score (nSPS) is 11.6. The van der Waals surface area contributed by atoms with Crippen LogP contribution in [-0.4, -0.2) is 29.2 Å². The van der Waals surface area contributed by atoms with Gasteiger partial charge < -0.3 is 4.74 Å². The van der Waals surface area contributed by atoms with Crippen molar-refractivity contribution in [3.05, 3.63) is 61.1 Å². The van der Waals surface area contributed by atoms with Gasteiger partial charge in [0, 0.05) is 32.6 Å². The minimum atomic E-state index is -1.09. The van der Waals surface area contributed by atoms with Gasteiger partial charge in [-0.3, -0.25) is 9.55 Å². The predicted molar refractivity (Wildman–Crippen MR) is 105 cm³/mol. The second-order valence-corrected chi connectivity index (χ2v) is 13.0. The van der Waals surface area contributed by atoms with Gasteiger partial charge in [-0.1, -0.05) is 50.0 Å². The van der Waals surface area contributed by atoms with Crippen molar-refractivity contribution in [2.75, 3.05) is 6.61 Å². The van der Waals surface area contributed by atoms with E-state index < -0.39 is 8.07 Å². The summed E-state index contributed by atoms with van der Waals surface area (Å²) in [5.74, 6) is 0.889. The van der Waals surface area contributed by atoms with E-state index in [9.17, 15) is 0 Å². The minimum Gasteiger partial charge on any atom is -0.361 e. The Morgan fingerprint density at radius 3 is 2.40 bits per heavy atom. The number of rotatable bonds is 7. The standard InChI is InChI=1S/C20H25N3OSi/c1-25(2,3)13-12-24-16-23-19(17-8-5-4-6-9-17)15-22-20(23)18-10-7-11-21-14-18/h4-11,14-15H,12-13,16H2,1-3H3. The number of aromatic nitrogens is 3. The molecule has 2 aromatic heterocycles. The molecular formula is C20H25N3OSi. The lowest BCUT2D eigenvalue weighted by molar-refractivity contribution is 0.0893. The summed E-state index contributed by atoms with van der Waals surface area (Å²) < 4.78 is 8.15. The first-order chi connectivity index (χ1) is 12.0. The zero-order valence-electron chi connectivity index (χ0n) is 15.1. The first-order valence-electron chi connectivity index (χ1n) is 8.64. The van der Waals surface area contributed by atoms with E-state index in [-0.39, 0.29) is 0 Å². The van der Waals surface area contributed by atoms with Gasteiger partial charge in [-0.05, 0) is 23.7 Å². The Morgan fingerprint density at radius 1 is 0.960 bits per heavy atom. The van der Waals surface area contributed by atoms with Crippen LogP contribution in [-0.2, 0) is 11.5 Å². The van der Waals surface area contributed by atoms with Crippen molar-refractivity contribution in [2.45, 2.75) is 32.4 Å². The molecule has 0 aliphatic carbocycles. The Hall–Kier alpha value is -2.24. The van der Waals surface area contributed by atoms with Crippen molar-refractivity contribution in [2.24, 2.45) is 0 Å². The molecule has 0 fully saturated rings. The van der Waals surface area contributed by atoms with Crippen LogP contribution < -0.4 is 0 Å². The fourth-order valence-corrected chi connectivity index (χ4v) is 3.36. The lowest BCUT2D eigenvalue weighted by atomic mass is 10.2. The van der Waals surface area contributed by atoms with Gasteiger partial charge in [0.1, 0.15) is 12.6 Å². The van der Waals surface area contributed by atoms with Gasteiger partial charge in [-0.15, -0.1) is 0 Å². The molecule has 0 amide bonds. The van der Waals surface area contributed by atoms with Crippen molar-refractivity contribution < 1.29 is 4.74 Å². The highest BCUT2D eigenvalue weighted by atomic mass is 28.3. The number of ether oxygens (including phenoxy) is 1. The molecule has 3 aromatic rings. The molecule has 0 aliphatic heterocycles. The Balaban J connectivity index is 1.88. The zero-order chi connectivity index (χ0) is 17.7. The summed E-state index contributed by atoms with van der Waals surface area (Å²) in [5, 5.41) is 0. The van der Waals surface area contributed by atoms with Gasteiger partial charge >= 0.3 is 0 Å². The molecule has 0 saturated carbocycles. The largest absolute Gasteiger partial charge is 0.361 e. The number of benzene rings is 1. The fraction of sp³-hybridized carbons (Fsp3) is 0.300. The molecule has 130 valence electrons. The van der Waals surface area contributed by atoms with Crippen molar-refractivity contribution in [1.29, 1.82) is 0 Å². The van der Waals surface area contributed by atoms with E-state index in [1.165, 1.54) is 0 Å². The molecule has 0 bridgehead atoms. The van der Waals surface area contributed by atoms with Crippen LogP contribution in [0.15, 0.2) is 61.1 Å². The minimum absolute atomic E-state index is 0.499. The van der Waals surface area contributed by atoms with Crippen molar-refractivity contribution in [3.8, 4) is 22.6 Å². The SMILES string of the molecule is C[Si](C)(C)CCOCn1c(-c2ccccc2)cnc1-c1cccnc1. The molecule has 0 unspecified atom stereocenters. The van der Waals surface area contributed by atoms with Gasteiger partial charge in [0.15, 0.2) is 0 Å². The van der Waals surface area contributed by atoms with E-state index in [0.717, 1.165) is 35.3 Å². The van der Waals surface area contributed by atoms with Crippen LogP contribution in [0.5, 0.6) is 0 Å². The topological polar surface area (TPSA) is 39.9 Å². The Bertz CT molecular complexity index is 738. The number of hydrogen-bond donors (Lipinski definition) is 0. The summed E-state index contributed by atoms with van der Waals surface area (Å²) in [4.78, 5) is 8.87. The van der Waals surface area contributed by atoms with Crippen molar-refractivity contribution >= 4 is 8.07 Å². The van der Waals surface area contributed by atoms with Gasteiger partial charge in [0.25, 0.3) is 0 Å². The second kappa shape index (κ2) is 7.76. The van der Waals surface area contributed by atoms with Crippen LogP contribution in [0.2, 0.25) is 25.7 Å². The van der Waals surface area contributed by atoms with Gasteiger partial charge in [-0.2, -0.15) is 0 Å². The molecule has 0 radical (unpaired) electrons. The van der Waals surface area contributed by atoms with Crippen LogP contribution >= 0.6 is 0 Å². The number of imidazole rings is 1. The van der Waals surface area contributed by atoms with E-state index in [0.29, 0.717) is 6.73 Å². The van der Waals surface area contributed by atoms with Crippen molar-refractivity contribution in [1.82, 2.24) is 14.5 Å². The summed E-state index contributed by atoms with van der Waals surface area (Å²) in [6.07, 6.45) is 5.54. The summed E-state index contributed by atoms with van der Waals surface area (Å²) in [5.41, 5.74) is 3.20. The lowest BCUT2D eigenvalue weighted by Gasteiger charge is -2.17. The third-order valence-corrected chi connectivity index (χ3v) is 5.77. The number of hydrogen-bond acceptors (Lipinski definition) is 3. The highest BCUT2D eigenvalue weighted by Gasteiger charge is 2.15. The maximum Gasteiger partial charge on any atom is 0.143 e. The molecule has 0 spiro atoms. The molecule has 2 heterocycles. The van der Waals surface area contributed by atoms with Crippen LogP contribution in [0.1, 0.15) is 0 Å². The summed E-state index contributed by atoms with van der Waals surface area (Å²) in [6, 6.07) is 15.4. The highest BCUT2D eigenvalue weighted by Crippen LogP contribution is 2.26. The van der Waals surface area contributed by atoms with Crippen LogP contribution in [0, 0.1) is 0 Å². The van der Waals surface area contributed by atoms with E-state index in [1.54, 1.807) is 6.20 Å². The summed E-state index contributed by atoms with van der Waals surface area (Å²) in [7, 11) is -1.09. The second-order valence-electron chi connectivity index (χ2n) is 7.35. The molecule has 5 heteroatoms. The monoisotopic (exact) mass is 351 g/mol. The van der Waals surface area contributed by atoms with Gasteiger partial charge in [0.2, 0.25) is 0 Å². The maximum absolute atomic E-state index is 6.02. The number of pyridine rings is 1. The number of nitrogens with zero attached hydrogens (tertiary/aromatic N) is 3. The molecular weight excluding hydrogens is 326 g/mol. The molecule has 3 rings (SSSR count). The first-order valence-corrected chi connectivity index (χ1v) is 12.3. The predicted octanol–water partition coefficient (Wildman–Crippen LogP) is 4.92. The fourth-order valence-electron chi connectivity index (χ4n) is 2.61. The molecule has 0 atom stereocenters. The summed E-state index contributed by atoms with van der Waals surface area (Å²) in [6.45, 7) is 8.38. The molecule has 0 aliphatic rings. The third-order valence-electron chi connectivity index (χ3n) is 4.06.